The zero-order valence-electron chi connectivity index (χ0n) is 11.3. The second-order valence-corrected chi connectivity index (χ2v) is 4.49. The molecule has 1 aromatic carbocycles. The second-order valence-electron chi connectivity index (χ2n) is 4.49. The van der Waals surface area contributed by atoms with Gasteiger partial charge in [-0.05, 0) is 30.7 Å². The van der Waals surface area contributed by atoms with Crippen molar-refractivity contribution in [1.82, 2.24) is 5.32 Å². The Morgan fingerprint density at radius 3 is 2.78 bits per heavy atom. The van der Waals surface area contributed by atoms with Crippen molar-refractivity contribution in [3.63, 3.8) is 0 Å². The zero-order chi connectivity index (χ0) is 13.4. The summed E-state index contributed by atoms with van der Waals surface area (Å²) in [6.45, 7) is 6.34. The van der Waals surface area contributed by atoms with Gasteiger partial charge in [0.1, 0.15) is 18.1 Å². The van der Waals surface area contributed by atoms with Crippen molar-refractivity contribution in [3.8, 4) is 23.8 Å². The average molecular weight is 247 g/mol. The van der Waals surface area contributed by atoms with E-state index in [1.54, 1.807) is 7.11 Å². The van der Waals surface area contributed by atoms with Crippen LogP contribution in [0.3, 0.4) is 0 Å². The lowest BCUT2D eigenvalue weighted by Crippen LogP contribution is -2.19. The first kappa shape index (κ1) is 14.4. The molecule has 98 valence electrons. The van der Waals surface area contributed by atoms with Crippen molar-refractivity contribution in [2.24, 2.45) is 5.92 Å². The maximum absolute atomic E-state index is 5.51. The van der Waals surface area contributed by atoms with Gasteiger partial charge in [0, 0.05) is 12.1 Å². The highest BCUT2D eigenvalue weighted by atomic mass is 16.5. The fourth-order valence-electron chi connectivity index (χ4n) is 1.58. The van der Waals surface area contributed by atoms with E-state index in [4.69, 9.17) is 15.9 Å². The highest BCUT2D eigenvalue weighted by Gasteiger charge is 2.06. The molecule has 0 aliphatic heterocycles. The minimum Gasteiger partial charge on any atom is -0.497 e. The molecule has 0 aliphatic carbocycles. The predicted octanol–water partition coefficient (Wildman–Crippen LogP) is 2.45. The minimum atomic E-state index is 0.281. The Morgan fingerprint density at radius 1 is 1.39 bits per heavy atom. The number of hydrogen-bond donors (Lipinski definition) is 1. The highest BCUT2D eigenvalue weighted by molar-refractivity contribution is 5.40. The first-order chi connectivity index (χ1) is 8.67. The van der Waals surface area contributed by atoms with Crippen LogP contribution in [0, 0.1) is 18.3 Å². The lowest BCUT2D eigenvalue weighted by Gasteiger charge is -2.13. The van der Waals surface area contributed by atoms with Crippen molar-refractivity contribution in [3.05, 3.63) is 23.8 Å². The summed E-state index contributed by atoms with van der Waals surface area (Å²) in [5.41, 5.74) is 1.06. The molecule has 1 N–H and O–H groups in total. The van der Waals surface area contributed by atoms with E-state index in [1.165, 1.54) is 0 Å². The number of ether oxygens (including phenoxy) is 2. The minimum absolute atomic E-state index is 0.281. The van der Waals surface area contributed by atoms with Crippen LogP contribution in [0.1, 0.15) is 19.4 Å². The molecular formula is C15H21NO2. The van der Waals surface area contributed by atoms with E-state index in [0.29, 0.717) is 5.92 Å². The Balaban J connectivity index is 2.73. The quantitative estimate of drug-likeness (QED) is 0.751. The van der Waals surface area contributed by atoms with Gasteiger partial charge in [0.25, 0.3) is 0 Å². The van der Waals surface area contributed by atoms with Gasteiger partial charge < -0.3 is 14.8 Å². The first-order valence-electron chi connectivity index (χ1n) is 6.11. The molecule has 1 rings (SSSR count). The van der Waals surface area contributed by atoms with Crippen LogP contribution >= 0.6 is 0 Å². The third kappa shape index (κ3) is 4.68. The van der Waals surface area contributed by atoms with E-state index in [-0.39, 0.29) is 6.61 Å². The molecule has 0 heterocycles. The predicted molar refractivity (Wildman–Crippen MR) is 73.9 cm³/mol. The Labute approximate surface area is 109 Å². The van der Waals surface area contributed by atoms with E-state index in [0.717, 1.165) is 30.2 Å². The molecular weight excluding hydrogens is 226 g/mol. The molecule has 0 aliphatic rings. The molecule has 0 fully saturated rings. The Kier molecular flexibility index (Phi) is 6.10. The number of nitrogens with one attached hydrogen (secondary N) is 1. The second kappa shape index (κ2) is 7.62. The van der Waals surface area contributed by atoms with E-state index in [9.17, 15) is 0 Å². The van der Waals surface area contributed by atoms with Crippen LogP contribution in [-0.2, 0) is 6.54 Å². The molecule has 0 unspecified atom stereocenters. The maximum atomic E-state index is 5.51. The van der Waals surface area contributed by atoms with Gasteiger partial charge in [0.05, 0.1) is 7.11 Å². The molecule has 3 nitrogen and oxygen atoms in total. The van der Waals surface area contributed by atoms with Crippen molar-refractivity contribution in [2.45, 2.75) is 20.4 Å². The average Bonchev–Trinajstić information content (AvgIpc) is 2.36. The molecule has 0 saturated carbocycles. The van der Waals surface area contributed by atoms with Gasteiger partial charge in [-0.1, -0.05) is 19.8 Å². The monoisotopic (exact) mass is 247 g/mol. The van der Waals surface area contributed by atoms with Crippen molar-refractivity contribution in [1.29, 1.82) is 0 Å². The molecule has 0 amide bonds. The Bertz CT molecular complexity index is 407. The summed E-state index contributed by atoms with van der Waals surface area (Å²) in [4.78, 5) is 0. The molecule has 18 heavy (non-hydrogen) atoms. The number of methoxy groups -OCH3 is 1. The van der Waals surface area contributed by atoms with Gasteiger partial charge in [-0.25, -0.2) is 0 Å². The molecule has 0 atom stereocenters. The third-order valence-electron chi connectivity index (χ3n) is 2.45. The van der Waals surface area contributed by atoms with Crippen LogP contribution in [0.4, 0.5) is 0 Å². The molecule has 1 aromatic rings. The maximum Gasteiger partial charge on any atom is 0.148 e. The van der Waals surface area contributed by atoms with Gasteiger partial charge in [-0.2, -0.15) is 0 Å². The van der Waals surface area contributed by atoms with Gasteiger partial charge in [0.15, 0.2) is 0 Å². The largest absolute Gasteiger partial charge is 0.497 e. The van der Waals surface area contributed by atoms with Crippen molar-refractivity contribution < 1.29 is 9.47 Å². The summed E-state index contributed by atoms with van der Waals surface area (Å²) in [6, 6.07) is 5.74. The molecule has 0 radical (unpaired) electrons. The number of rotatable bonds is 7. The standard InChI is InChI=1S/C15H21NO2/c1-5-8-18-15-7-6-14(17-4)9-13(15)11-16-10-12(2)3/h1,6-7,9,12,16H,8,10-11H2,2-4H3. The number of terminal acetylenes is 1. The summed E-state index contributed by atoms with van der Waals surface area (Å²) >= 11 is 0. The summed E-state index contributed by atoms with van der Waals surface area (Å²) in [7, 11) is 1.66. The molecule has 0 aromatic heterocycles. The molecule has 0 spiro atoms. The first-order valence-corrected chi connectivity index (χ1v) is 6.11. The van der Waals surface area contributed by atoms with Gasteiger partial charge >= 0.3 is 0 Å². The van der Waals surface area contributed by atoms with Crippen LogP contribution in [0.15, 0.2) is 18.2 Å². The summed E-state index contributed by atoms with van der Waals surface area (Å²) < 4.78 is 10.7. The SMILES string of the molecule is C#CCOc1ccc(OC)cc1CNCC(C)C. The summed E-state index contributed by atoms with van der Waals surface area (Å²) in [6.07, 6.45) is 5.21. The third-order valence-corrected chi connectivity index (χ3v) is 2.45. The van der Waals surface area contributed by atoms with Crippen molar-refractivity contribution >= 4 is 0 Å². The van der Waals surface area contributed by atoms with Crippen LogP contribution in [0.5, 0.6) is 11.5 Å². The van der Waals surface area contributed by atoms with Crippen LogP contribution in [0.2, 0.25) is 0 Å². The number of hydrogen-bond acceptors (Lipinski definition) is 3. The van der Waals surface area contributed by atoms with Crippen LogP contribution in [0.25, 0.3) is 0 Å². The fourth-order valence-corrected chi connectivity index (χ4v) is 1.58. The Morgan fingerprint density at radius 2 is 2.17 bits per heavy atom. The van der Waals surface area contributed by atoms with E-state index >= 15 is 0 Å². The Hall–Kier alpha value is -1.66. The topological polar surface area (TPSA) is 30.5 Å². The zero-order valence-corrected chi connectivity index (χ0v) is 11.3. The summed E-state index contributed by atoms with van der Waals surface area (Å²) in [5, 5.41) is 3.38. The van der Waals surface area contributed by atoms with Crippen molar-refractivity contribution in [2.75, 3.05) is 20.3 Å². The molecule has 0 bridgehead atoms. The lowest BCUT2D eigenvalue weighted by atomic mass is 10.1. The van der Waals surface area contributed by atoms with E-state index in [1.807, 2.05) is 18.2 Å². The molecule has 0 saturated heterocycles. The van der Waals surface area contributed by atoms with Gasteiger partial charge in [0.2, 0.25) is 0 Å². The van der Waals surface area contributed by atoms with Crippen LogP contribution < -0.4 is 14.8 Å². The lowest BCUT2D eigenvalue weighted by molar-refractivity contribution is 0.361. The van der Waals surface area contributed by atoms with Gasteiger partial charge in [-0.15, -0.1) is 6.42 Å². The van der Waals surface area contributed by atoms with E-state index in [2.05, 4.69) is 25.1 Å². The number of benzene rings is 1. The van der Waals surface area contributed by atoms with E-state index < -0.39 is 0 Å². The summed E-state index contributed by atoms with van der Waals surface area (Å²) in [5.74, 6) is 4.72. The highest BCUT2D eigenvalue weighted by Crippen LogP contribution is 2.24. The fraction of sp³-hybridized carbons (Fsp3) is 0.467. The van der Waals surface area contributed by atoms with Crippen LogP contribution in [-0.4, -0.2) is 20.3 Å². The normalized spacial score (nSPS) is 10.2. The molecule has 3 heteroatoms. The smallest absolute Gasteiger partial charge is 0.148 e. The van der Waals surface area contributed by atoms with Gasteiger partial charge in [-0.3, -0.25) is 0 Å².